The molecule has 0 saturated carbocycles. The highest BCUT2D eigenvalue weighted by atomic mass is 32.2. The molecule has 5 rings (SSSR count). The summed E-state index contributed by atoms with van der Waals surface area (Å²) >= 11 is 3.37. The number of thiophene rings is 1. The maximum absolute atomic E-state index is 13.2. The van der Waals surface area contributed by atoms with Crippen LogP contribution in [0.15, 0.2) is 76.9 Å². The molecule has 0 amide bonds. The van der Waals surface area contributed by atoms with Gasteiger partial charge in [0.2, 0.25) is 0 Å². The third-order valence-electron chi connectivity index (χ3n) is 5.17. The number of fused-ring (bicyclic) bond motifs is 1. The highest BCUT2D eigenvalue weighted by Gasteiger charge is 2.15. The van der Waals surface area contributed by atoms with E-state index in [0.29, 0.717) is 6.54 Å². The number of rotatable bonds is 5. The molecule has 1 aliphatic rings. The molecule has 0 fully saturated rings. The molecular formula is C24H20N2OS2. The summed E-state index contributed by atoms with van der Waals surface area (Å²) in [5, 5.41) is 1.94. The molecule has 4 aromatic rings. The lowest BCUT2D eigenvalue weighted by molar-refractivity contribution is 0.672. The van der Waals surface area contributed by atoms with Gasteiger partial charge in [0, 0.05) is 22.8 Å². The summed E-state index contributed by atoms with van der Waals surface area (Å²) in [6.07, 6.45) is 4.23. The fourth-order valence-corrected chi connectivity index (χ4v) is 5.43. The molecule has 1 aliphatic heterocycles. The molecule has 0 saturated heterocycles. The Labute approximate surface area is 177 Å². The van der Waals surface area contributed by atoms with Crippen molar-refractivity contribution in [3.05, 3.63) is 93.6 Å². The van der Waals surface area contributed by atoms with Crippen LogP contribution in [0.4, 0.5) is 0 Å². The molecular weight excluding hydrogens is 396 g/mol. The molecule has 0 spiro atoms. The van der Waals surface area contributed by atoms with Crippen molar-refractivity contribution in [2.45, 2.75) is 19.4 Å². The van der Waals surface area contributed by atoms with Crippen LogP contribution in [-0.2, 0) is 13.0 Å². The first kappa shape index (κ1) is 18.4. The molecule has 3 heterocycles. The van der Waals surface area contributed by atoms with Crippen LogP contribution in [-0.4, -0.2) is 15.3 Å². The summed E-state index contributed by atoms with van der Waals surface area (Å²) < 4.78 is 2.57. The van der Waals surface area contributed by atoms with E-state index in [-0.39, 0.29) is 5.56 Å². The van der Waals surface area contributed by atoms with E-state index >= 15 is 0 Å². The van der Waals surface area contributed by atoms with Gasteiger partial charge >= 0.3 is 0 Å². The van der Waals surface area contributed by atoms with Gasteiger partial charge in [-0.25, -0.2) is 4.98 Å². The van der Waals surface area contributed by atoms with E-state index < -0.39 is 0 Å². The van der Waals surface area contributed by atoms with Crippen LogP contribution >= 0.6 is 23.1 Å². The third kappa shape index (κ3) is 3.68. The minimum atomic E-state index is 0.0501. The Kier molecular flexibility index (Phi) is 5.08. The first-order valence-electron chi connectivity index (χ1n) is 9.75. The van der Waals surface area contributed by atoms with Crippen LogP contribution in [0.1, 0.15) is 17.5 Å². The largest absolute Gasteiger partial charge is 0.291 e. The van der Waals surface area contributed by atoms with E-state index in [0.717, 1.165) is 40.2 Å². The van der Waals surface area contributed by atoms with Gasteiger partial charge < -0.3 is 0 Å². The number of aryl methyl sites for hydroxylation is 1. The number of hydrogen-bond donors (Lipinski definition) is 0. The zero-order valence-corrected chi connectivity index (χ0v) is 17.5. The van der Waals surface area contributed by atoms with Gasteiger partial charge in [0.25, 0.3) is 5.56 Å². The lowest BCUT2D eigenvalue weighted by atomic mass is 10.1. The highest BCUT2D eigenvalue weighted by Crippen LogP contribution is 2.34. The zero-order chi connectivity index (χ0) is 19.6. The Hall–Kier alpha value is -2.63. The smallest absolute Gasteiger partial charge is 0.271 e. The first-order valence-corrected chi connectivity index (χ1v) is 11.6. The standard InChI is InChI=1S/C24H20N2OS2/c27-24-22-20(13-16-29-22)25-23(26(24)14-12-17-5-2-1-3-6-17)19-10-8-18(9-11-19)21-7-4-15-28-21/h1-3,5-11,13,16H,4,12,14-15H2. The van der Waals surface area contributed by atoms with Crippen molar-refractivity contribution in [3.63, 3.8) is 0 Å². The van der Waals surface area contributed by atoms with E-state index in [1.54, 1.807) is 0 Å². The number of hydrogen-bond acceptors (Lipinski definition) is 4. The lowest BCUT2D eigenvalue weighted by Crippen LogP contribution is -2.23. The van der Waals surface area contributed by atoms with E-state index in [2.05, 4.69) is 42.5 Å². The number of nitrogens with zero attached hydrogens (tertiary/aromatic N) is 2. The van der Waals surface area contributed by atoms with Crippen LogP contribution in [0, 0.1) is 0 Å². The second kappa shape index (κ2) is 8.01. The average Bonchev–Trinajstić information content (AvgIpc) is 3.46. The number of aromatic nitrogens is 2. The fourth-order valence-electron chi connectivity index (χ4n) is 3.66. The summed E-state index contributed by atoms with van der Waals surface area (Å²) in [5.41, 5.74) is 4.27. The van der Waals surface area contributed by atoms with Crippen molar-refractivity contribution in [3.8, 4) is 11.4 Å². The minimum absolute atomic E-state index is 0.0501. The molecule has 5 heteroatoms. The van der Waals surface area contributed by atoms with Crippen molar-refractivity contribution in [1.82, 2.24) is 9.55 Å². The quantitative estimate of drug-likeness (QED) is 0.410. The maximum Gasteiger partial charge on any atom is 0.271 e. The summed E-state index contributed by atoms with van der Waals surface area (Å²) in [7, 11) is 0. The van der Waals surface area contributed by atoms with E-state index in [1.807, 2.05) is 46.0 Å². The molecule has 0 atom stereocenters. The Morgan fingerprint density at radius 3 is 2.52 bits per heavy atom. The Balaban J connectivity index is 1.55. The highest BCUT2D eigenvalue weighted by molar-refractivity contribution is 8.08. The predicted molar refractivity (Wildman–Crippen MR) is 125 cm³/mol. The van der Waals surface area contributed by atoms with E-state index in [4.69, 9.17) is 4.98 Å². The Morgan fingerprint density at radius 1 is 0.966 bits per heavy atom. The van der Waals surface area contributed by atoms with Gasteiger partial charge in [0.15, 0.2) is 0 Å². The van der Waals surface area contributed by atoms with Gasteiger partial charge in [0.1, 0.15) is 10.5 Å². The van der Waals surface area contributed by atoms with E-state index in [9.17, 15) is 4.79 Å². The van der Waals surface area contributed by atoms with E-state index in [1.165, 1.54) is 27.4 Å². The minimum Gasteiger partial charge on any atom is -0.291 e. The van der Waals surface area contributed by atoms with Crippen LogP contribution in [0.3, 0.4) is 0 Å². The molecule has 0 N–H and O–H groups in total. The predicted octanol–water partition coefficient (Wildman–Crippen LogP) is 5.85. The number of benzene rings is 2. The van der Waals surface area contributed by atoms with Gasteiger partial charge in [-0.05, 0) is 35.4 Å². The first-order chi connectivity index (χ1) is 14.3. The van der Waals surface area contributed by atoms with Crippen LogP contribution in [0.25, 0.3) is 26.5 Å². The molecule has 2 aromatic heterocycles. The Bertz CT molecular complexity index is 1240. The van der Waals surface area contributed by atoms with Crippen LogP contribution < -0.4 is 5.56 Å². The average molecular weight is 417 g/mol. The molecule has 0 bridgehead atoms. The topological polar surface area (TPSA) is 34.9 Å². The van der Waals surface area contributed by atoms with Crippen molar-refractivity contribution >= 4 is 38.2 Å². The molecule has 2 aromatic carbocycles. The molecule has 0 aliphatic carbocycles. The SMILES string of the molecule is O=c1c2sccc2nc(-c2ccc(C3=CCCS3)cc2)n1CCc1ccccc1. The van der Waals surface area contributed by atoms with Crippen molar-refractivity contribution < 1.29 is 0 Å². The normalized spacial score (nSPS) is 13.7. The van der Waals surface area contributed by atoms with Crippen LogP contribution in [0.2, 0.25) is 0 Å². The summed E-state index contributed by atoms with van der Waals surface area (Å²) in [6.45, 7) is 0.613. The van der Waals surface area contributed by atoms with Crippen molar-refractivity contribution in [2.24, 2.45) is 0 Å². The van der Waals surface area contributed by atoms with Gasteiger partial charge in [-0.15, -0.1) is 23.1 Å². The second-order valence-corrected chi connectivity index (χ2v) is 9.10. The van der Waals surface area contributed by atoms with Gasteiger partial charge in [-0.2, -0.15) is 0 Å². The number of allylic oxidation sites excluding steroid dienone is 1. The molecule has 0 unspecified atom stereocenters. The summed E-state index contributed by atoms with van der Waals surface area (Å²) in [6, 6.07) is 20.7. The summed E-state index contributed by atoms with van der Waals surface area (Å²) in [5.74, 6) is 1.91. The fraction of sp³-hybridized carbons (Fsp3) is 0.167. The molecule has 0 radical (unpaired) electrons. The zero-order valence-electron chi connectivity index (χ0n) is 15.9. The molecule has 3 nitrogen and oxygen atoms in total. The lowest BCUT2D eigenvalue weighted by Gasteiger charge is -2.13. The number of thioether (sulfide) groups is 1. The van der Waals surface area contributed by atoms with Crippen molar-refractivity contribution in [1.29, 1.82) is 0 Å². The van der Waals surface area contributed by atoms with Gasteiger partial charge in [0.05, 0.1) is 5.52 Å². The van der Waals surface area contributed by atoms with Crippen LogP contribution in [0.5, 0.6) is 0 Å². The monoisotopic (exact) mass is 416 g/mol. The Morgan fingerprint density at radius 2 is 1.76 bits per heavy atom. The molecule has 29 heavy (non-hydrogen) atoms. The molecule has 144 valence electrons. The summed E-state index contributed by atoms with van der Waals surface area (Å²) in [4.78, 5) is 19.4. The van der Waals surface area contributed by atoms with Gasteiger partial charge in [-0.1, -0.05) is 60.7 Å². The van der Waals surface area contributed by atoms with Crippen molar-refractivity contribution in [2.75, 3.05) is 5.75 Å². The maximum atomic E-state index is 13.2. The third-order valence-corrected chi connectivity index (χ3v) is 7.21. The second-order valence-electron chi connectivity index (χ2n) is 7.05. The van der Waals surface area contributed by atoms with Gasteiger partial charge in [-0.3, -0.25) is 9.36 Å².